The molecule has 0 saturated carbocycles. The highest BCUT2D eigenvalue weighted by Crippen LogP contribution is 2.19. The van der Waals surface area contributed by atoms with Crippen LogP contribution in [0.3, 0.4) is 0 Å². The Kier molecular flexibility index (Phi) is 5.52. The molecule has 3 rings (SSSR count). The van der Waals surface area contributed by atoms with Gasteiger partial charge in [-0.05, 0) is 35.9 Å². The standard InChI is InChI=1S/C18H16BrN3O4/c1-25-18(24)16(12-3-5-13(19)6-4-12)21-17(23)15-8-7-14(26-15)11-22-10-2-9-20-22/h2-10,16H,11H2,1H3,(H,21,23). The van der Waals surface area contributed by atoms with Crippen LogP contribution < -0.4 is 5.32 Å². The molecule has 0 aliphatic carbocycles. The van der Waals surface area contributed by atoms with Gasteiger partial charge < -0.3 is 14.5 Å². The van der Waals surface area contributed by atoms with Crippen molar-refractivity contribution >= 4 is 27.8 Å². The van der Waals surface area contributed by atoms with Gasteiger partial charge in [0, 0.05) is 16.9 Å². The van der Waals surface area contributed by atoms with Gasteiger partial charge in [0.05, 0.1) is 13.7 Å². The Hall–Kier alpha value is -2.87. The van der Waals surface area contributed by atoms with E-state index in [1.165, 1.54) is 7.11 Å². The second kappa shape index (κ2) is 8.01. The number of ether oxygens (including phenoxy) is 1. The number of benzene rings is 1. The number of amides is 1. The first-order chi connectivity index (χ1) is 12.6. The number of aromatic nitrogens is 2. The summed E-state index contributed by atoms with van der Waals surface area (Å²) in [5, 5.41) is 6.73. The molecule has 0 spiro atoms. The third-order valence-electron chi connectivity index (χ3n) is 3.68. The fourth-order valence-electron chi connectivity index (χ4n) is 2.39. The average Bonchev–Trinajstić information content (AvgIpc) is 3.32. The SMILES string of the molecule is COC(=O)C(NC(=O)c1ccc(Cn2cccn2)o1)c1ccc(Br)cc1. The van der Waals surface area contributed by atoms with Crippen LogP contribution in [-0.2, 0) is 16.1 Å². The van der Waals surface area contributed by atoms with E-state index in [0.29, 0.717) is 17.9 Å². The second-order valence-corrected chi connectivity index (χ2v) is 6.37. The van der Waals surface area contributed by atoms with E-state index in [1.807, 2.05) is 0 Å². The van der Waals surface area contributed by atoms with Crippen LogP contribution in [0.1, 0.15) is 27.9 Å². The van der Waals surface area contributed by atoms with Crippen LogP contribution in [0.4, 0.5) is 0 Å². The van der Waals surface area contributed by atoms with Gasteiger partial charge >= 0.3 is 5.97 Å². The summed E-state index contributed by atoms with van der Waals surface area (Å²) in [7, 11) is 1.27. The minimum Gasteiger partial charge on any atom is -0.467 e. The topological polar surface area (TPSA) is 86.4 Å². The van der Waals surface area contributed by atoms with E-state index in [2.05, 4.69) is 26.3 Å². The summed E-state index contributed by atoms with van der Waals surface area (Å²) in [6, 6.07) is 11.2. The van der Waals surface area contributed by atoms with Crippen molar-refractivity contribution in [2.24, 2.45) is 0 Å². The highest BCUT2D eigenvalue weighted by molar-refractivity contribution is 9.10. The van der Waals surface area contributed by atoms with Gasteiger partial charge in [0.15, 0.2) is 11.8 Å². The first-order valence-corrected chi connectivity index (χ1v) is 8.56. The lowest BCUT2D eigenvalue weighted by Crippen LogP contribution is -2.34. The summed E-state index contributed by atoms with van der Waals surface area (Å²) < 4.78 is 12.9. The molecule has 0 radical (unpaired) electrons. The number of carbonyl (C=O) groups is 2. The maximum atomic E-state index is 12.5. The molecule has 2 heterocycles. The van der Waals surface area contributed by atoms with Crippen LogP contribution >= 0.6 is 15.9 Å². The molecular formula is C18H16BrN3O4. The normalized spacial score (nSPS) is 11.8. The summed E-state index contributed by atoms with van der Waals surface area (Å²) in [5.41, 5.74) is 0.608. The van der Waals surface area contributed by atoms with Crippen LogP contribution in [0.5, 0.6) is 0 Å². The van der Waals surface area contributed by atoms with E-state index in [-0.39, 0.29) is 5.76 Å². The number of carbonyl (C=O) groups excluding carboxylic acids is 2. The fourth-order valence-corrected chi connectivity index (χ4v) is 2.66. The largest absolute Gasteiger partial charge is 0.467 e. The minimum absolute atomic E-state index is 0.109. The van der Waals surface area contributed by atoms with E-state index < -0.39 is 17.9 Å². The molecule has 1 aromatic carbocycles. The van der Waals surface area contributed by atoms with Gasteiger partial charge in [-0.2, -0.15) is 5.10 Å². The number of nitrogens with one attached hydrogen (secondary N) is 1. The Morgan fingerprint density at radius 1 is 1.27 bits per heavy atom. The minimum atomic E-state index is -0.930. The number of esters is 1. The summed E-state index contributed by atoms with van der Waals surface area (Å²) >= 11 is 3.34. The van der Waals surface area contributed by atoms with E-state index >= 15 is 0 Å². The Bertz CT molecular complexity index is 888. The van der Waals surface area contributed by atoms with Gasteiger partial charge in [0.2, 0.25) is 0 Å². The van der Waals surface area contributed by atoms with Gasteiger partial charge in [-0.1, -0.05) is 28.1 Å². The predicted molar refractivity (Wildman–Crippen MR) is 96.4 cm³/mol. The number of rotatable bonds is 6. The van der Waals surface area contributed by atoms with Gasteiger partial charge in [0.25, 0.3) is 5.91 Å². The highest BCUT2D eigenvalue weighted by Gasteiger charge is 2.25. The molecule has 3 aromatic rings. The smallest absolute Gasteiger partial charge is 0.333 e. The zero-order chi connectivity index (χ0) is 18.5. The van der Waals surface area contributed by atoms with Crippen molar-refractivity contribution < 1.29 is 18.7 Å². The Morgan fingerprint density at radius 2 is 2.04 bits per heavy atom. The maximum Gasteiger partial charge on any atom is 0.333 e. The number of furan rings is 1. The fraction of sp³-hybridized carbons (Fsp3) is 0.167. The molecule has 1 atom stereocenters. The Labute approximate surface area is 158 Å². The molecule has 0 aliphatic heterocycles. The zero-order valence-electron chi connectivity index (χ0n) is 13.9. The zero-order valence-corrected chi connectivity index (χ0v) is 15.5. The van der Waals surface area contributed by atoms with Gasteiger partial charge in [-0.25, -0.2) is 4.79 Å². The molecule has 1 unspecified atom stereocenters. The number of hydrogen-bond acceptors (Lipinski definition) is 5. The molecule has 1 N–H and O–H groups in total. The van der Waals surface area contributed by atoms with E-state index in [4.69, 9.17) is 9.15 Å². The molecule has 26 heavy (non-hydrogen) atoms. The van der Waals surface area contributed by atoms with Crippen molar-refractivity contribution in [2.75, 3.05) is 7.11 Å². The Morgan fingerprint density at radius 3 is 2.69 bits per heavy atom. The molecular weight excluding hydrogens is 402 g/mol. The summed E-state index contributed by atoms with van der Waals surface area (Å²) in [6.07, 6.45) is 3.46. The molecule has 0 fully saturated rings. The molecule has 134 valence electrons. The van der Waals surface area contributed by atoms with Crippen LogP contribution in [0.2, 0.25) is 0 Å². The van der Waals surface area contributed by atoms with Gasteiger partial charge in [-0.15, -0.1) is 0 Å². The van der Waals surface area contributed by atoms with E-state index in [0.717, 1.165) is 4.47 Å². The number of nitrogens with zero attached hydrogens (tertiary/aromatic N) is 2. The quantitative estimate of drug-likeness (QED) is 0.623. The number of halogens is 1. The van der Waals surface area contributed by atoms with E-state index in [9.17, 15) is 9.59 Å². The van der Waals surface area contributed by atoms with Crippen LogP contribution in [0.25, 0.3) is 0 Å². The van der Waals surface area contributed by atoms with Crippen molar-refractivity contribution in [3.8, 4) is 0 Å². The average molecular weight is 418 g/mol. The third-order valence-corrected chi connectivity index (χ3v) is 4.21. The lowest BCUT2D eigenvalue weighted by Gasteiger charge is -2.16. The molecule has 2 aromatic heterocycles. The summed E-state index contributed by atoms with van der Waals surface area (Å²) in [4.78, 5) is 24.6. The monoisotopic (exact) mass is 417 g/mol. The first kappa shape index (κ1) is 17.9. The summed E-state index contributed by atoms with van der Waals surface area (Å²) in [5.74, 6) is -0.380. The van der Waals surface area contributed by atoms with Crippen LogP contribution in [0.15, 0.2) is 63.7 Å². The van der Waals surface area contributed by atoms with Crippen molar-refractivity contribution in [1.29, 1.82) is 0 Å². The molecule has 0 bridgehead atoms. The number of methoxy groups -OCH3 is 1. The van der Waals surface area contributed by atoms with Gasteiger partial charge in [0.1, 0.15) is 5.76 Å². The first-order valence-electron chi connectivity index (χ1n) is 7.77. The van der Waals surface area contributed by atoms with Crippen molar-refractivity contribution in [3.63, 3.8) is 0 Å². The molecule has 7 nitrogen and oxygen atoms in total. The lowest BCUT2D eigenvalue weighted by molar-refractivity contribution is -0.143. The van der Waals surface area contributed by atoms with Crippen LogP contribution in [-0.4, -0.2) is 28.8 Å². The third kappa shape index (κ3) is 4.20. The van der Waals surface area contributed by atoms with Crippen molar-refractivity contribution in [1.82, 2.24) is 15.1 Å². The lowest BCUT2D eigenvalue weighted by atomic mass is 10.1. The van der Waals surface area contributed by atoms with Crippen LogP contribution in [0, 0.1) is 0 Å². The van der Waals surface area contributed by atoms with Crippen molar-refractivity contribution in [2.45, 2.75) is 12.6 Å². The maximum absolute atomic E-state index is 12.5. The Balaban J connectivity index is 1.74. The molecule has 0 aliphatic rings. The molecule has 1 amide bonds. The predicted octanol–water partition coefficient (Wildman–Crippen LogP) is 2.93. The van der Waals surface area contributed by atoms with Gasteiger partial charge in [-0.3, -0.25) is 9.48 Å². The van der Waals surface area contributed by atoms with Crippen molar-refractivity contribution in [3.05, 3.63) is 76.4 Å². The molecule has 8 heteroatoms. The van der Waals surface area contributed by atoms with E-state index in [1.54, 1.807) is 59.5 Å². The highest BCUT2D eigenvalue weighted by atomic mass is 79.9. The summed E-state index contributed by atoms with van der Waals surface area (Å²) in [6.45, 7) is 0.410. The molecule has 0 saturated heterocycles. The number of hydrogen-bond donors (Lipinski definition) is 1. The second-order valence-electron chi connectivity index (χ2n) is 5.45.